The molecule has 5 nitrogen and oxygen atoms in total. The minimum absolute atomic E-state index is 0.123. The van der Waals surface area contributed by atoms with Crippen LogP contribution in [0.1, 0.15) is 41.5 Å². The van der Waals surface area contributed by atoms with E-state index >= 15 is 0 Å². The van der Waals surface area contributed by atoms with Gasteiger partial charge in [-0.05, 0) is 27.7 Å². The van der Waals surface area contributed by atoms with Crippen LogP contribution in [0.3, 0.4) is 0 Å². The zero-order chi connectivity index (χ0) is 16.2. The van der Waals surface area contributed by atoms with E-state index in [-0.39, 0.29) is 6.61 Å². The van der Waals surface area contributed by atoms with Crippen molar-refractivity contribution in [3.8, 4) is 0 Å². The van der Waals surface area contributed by atoms with Gasteiger partial charge in [0.15, 0.2) is 0 Å². The summed E-state index contributed by atoms with van der Waals surface area (Å²) in [5.41, 5.74) is -0.785. The van der Waals surface area contributed by atoms with Crippen LogP contribution >= 0.6 is 30.7 Å². The number of halogens is 2. The summed E-state index contributed by atoms with van der Waals surface area (Å²) >= 11 is 12.2. The van der Waals surface area contributed by atoms with Crippen LogP contribution in [0.2, 0.25) is 0 Å². The minimum Gasteiger partial charge on any atom is -0.457 e. The Morgan fingerprint density at radius 2 is 1.60 bits per heavy atom. The highest BCUT2D eigenvalue weighted by atomic mass is 35.5. The van der Waals surface area contributed by atoms with Crippen LogP contribution in [0, 0.1) is 0 Å². The number of hydrogen-bond donors (Lipinski definition) is 0. The fourth-order valence-corrected chi connectivity index (χ4v) is 4.63. The fourth-order valence-electron chi connectivity index (χ4n) is 1.57. The number of ether oxygens (including phenoxy) is 1. The van der Waals surface area contributed by atoms with Crippen molar-refractivity contribution in [3.63, 3.8) is 0 Å². The first-order chi connectivity index (χ1) is 8.96. The second-order valence-electron chi connectivity index (χ2n) is 5.12. The highest BCUT2D eigenvalue weighted by molar-refractivity contribution is 7.64. The molecule has 0 aromatic heterocycles. The molecule has 0 aliphatic heterocycles. The highest BCUT2D eigenvalue weighted by Gasteiger charge is 2.58. The zero-order valence-corrected chi connectivity index (χ0v) is 15.3. The van der Waals surface area contributed by atoms with E-state index in [4.69, 9.17) is 32.5 Å². The first kappa shape index (κ1) is 20.2. The Labute approximate surface area is 131 Å². The lowest BCUT2D eigenvalue weighted by molar-refractivity contribution is -0.153. The molecule has 0 rings (SSSR count). The van der Waals surface area contributed by atoms with Crippen molar-refractivity contribution in [1.82, 2.24) is 4.67 Å². The third-order valence-electron chi connectivity index (χ3n) is 2.41. The third-order valence-corrected chi connectivity index (χ3v) is 6.81. The molecule has 1 atom stereocenters. The molecule has 20 heavy (non-hydrogen) atoms. The lowest BCUT2D eigenvalue weighted by Crippen LogP contribution is -2.40. The van der Waals surface area contributed by atoms with Gasteiger partial charge in [-0.15, -0.1) is 0 Å². The summed E-state index contributed by atoms with van der Waals surface area (Å²) < 4.78 is 22.7. The highest BCUT2D eigenvalue weighted by Crippen LogP contribution is 2.66. The number of rotatable bonds is 7. The maximum Gasteiger partial charge on any atom is 0.354 e. The summed E-state index contributed by atoms with van der Waals surface area (Å²) in [5, 5.41) is 0. The predicted molar refractivity (Wildman–Crippen MR) is 82.4 cm³/mol. The van der Waals surface area contributed by atoms with Gasteiger partial charge in [0.1, 0.15) is 5.60 Å². The molecule has 0 heterocycles. The van der Waals surface area contributed by atoms with E-state index in [2.05, 4.69) is 0 Å². The van der Waals surface area contributed by atoms with Gasteiger partial charge in [-0.3, -0.25) is 4.57 Å². The first-order valence-corrected chi connectivity index (χ1v) is 8.90. The molecule has 8 heteroatoms. The third kappa shape index (κ3) is 4.60. The van der Waals surface area contributed by atoms with E-state index in [1.165, 1.54) is 4.67 Å². The molecular weight excluding hydrogens is 324 g/mol. The number of carbonyl (C=O) groups is 1. The quantitative estimate of drug-likeness (QED) is 0.395. The second-order valence-corrected chi connectivity index (χ2v) is 9.51. The lowest BCUT2D eigenvalue weighted by atomic mass is 10.2. The standard InChI is InChI=1S/C12H24Cl2NO4P/c1-7-15(8-2)20(17,18-9-3)12(13,14)10(16)19-11(4,5)6/h7-9H2,1-6H3. The molecule has 0 bridgehead atoms. The van der Waals surface area contributed by atoms with Crippen molar-refractivity contribution in [2.45, 2.75) is 51.2 Å². The van der Waals surface area contributed by atoms with Crippen molar-refractivity contribution < 1.29 is 18.6 Å². The van der Waals surface area contributed by atoms with E-state index in [1.54, 1.807) is 41.5 Å². The van der Waals surface area contributed by atoms with Gasteiger partial charge in [-0.1, -0.05) is 37.0 Å². The van der Waals surface area contributed by atoms with E-state index in [1.807, 2.05) is 0 Å². The molecule has 0 spiro atoms. The Kier molecular flexibility index (Phi) is 7.53. The van der Waals surface area contributed by atoms with Gasteiger partial charge in [0.05, 0.1) is 6.61 Å². The van der Waals surface area contributed by atoms with Crippen molar-refractivity contribution in [3.05, 3.63) is 0 Å². The van der Waals surface area contributed by atoms with Crippen LogP contribution in [0.5, 0.6) is 0 Å². The average Bonchev–Trinajstić information content (AvgIpc) is 2.28. The summed E-state index contributed by atoms with van der Waals surface area (Å²) in [6, 6.07) is 0. The van der Waals surface area contributed by atoms with Crippen molar-refractivity contribution >= 4 is 36.7 Å². The Hall–Kier alpha value is 0.200. The summed E-state index contributed by atoms with van der Waals surface area (Å²) in [6.07, 6.45) is 0. The summed E-state index contributed by atoms with van der Waals surface area (Å²) in [7, 11) is -3.78. The molecule has 0 aromatic rings. The van der Waals surface area contributed by atoms with Crippen LogP contribution < -0.4 is 0 Å². The van der Waals surface area contributed by atoms with E-state index in [9.17, 15) is 9.36 Å². The molecule has 0 amide bonds. The van der Waals surface area contributed by atoms with E-state index in [0.29, 0.717) is 13.1 Å². The van der Waals surface area contributed by atoms with Crippen LogP contribution in [-0.4, -0.2) is 40.0 Å². The van der Waals surface area contributed by atoms with Crippen molar-refractivity contribution in [2.24, 2.45) is 0 Å². The number of carbonyl (C=O) groups excluding carboxylic acids is 1. The normalized spacial score (nSPS) is 16.1. The summed E-state index contributed by atoms with van der Waals surface area (Å²) in [4.78, 5) is 12.2. The Bertz CT molecular complexity index is 378. The van der Waals surface area contributed by atoms with Gasteiger partial charge in [0, 0.05) is 13.1 Å². The Balaban J connectivity index is 5.55. The summed E-state index contributed by atoms with van der Waals surface area (Å²) in [5.74, 6) is -0.961. The monoisotopic (exact) mass is 347 g/mol. The SMILES string of the molecule is CCOP(=O)(N(CC)CC)C(Cl)(Cl)C(=O)OC(C)(C)C. The van der Waals surface area contributed by atoms with E-state index in [0.717, 1.165) is 0 Å². The molecule has 0 aliphatic rings. The van der Waals surface area contributed by atoms with Gasteiger partial charge in [0.25, 0.3) is 0 Å². The Morgan fingerprint density at radius 1 is 1.15 bits per heavy atom. The van der Waals surface area contributed by atoms with Gasteiger partial charge >= 0.3 is 17.6 Å². The number of alkyl halides is 2. The van der Waals surface area contributed by atoms with E-state index < -0.39 is 23.2 Å². The molecule has 0 saturated heterocycles. The van der Waals surface area contributed by atoms with Gasteiger partial charge in [0.2, 0.25) is 0 Å². The summed E-state index contributed by atoms with van der Waals surface area (Å²) in [6.45, 7) is 11.2. The molecule has 0 aromatic carbocycles. The molecule has 0 radical (unpaired) electrons. The molecule has 0 N–H and O–H groups in total. The average molecular weight is 348 g/mol. The number of esters is 1. The second kappa shape index (κ2) is 7.46. The fraction of sp³-hybridized carbons (Fsp3) is 0.917. The maximum absolute atomic E-state index is 13.1. The van der Waals surface area contributed by atoms with Gasteiger partial charge < -0.3 is 9.26 Å². The van der Waals surface area contributed by atoms with Crippen LogP contribution in [0.25, 0.3) is 0 Å². The molecule has 1 unspecified atom stereocenters. The maximum atomic E-state index is 13.1. The molecular formula is C12H24Cl2NO4P. The smallest absolute Gasteiger partial charge is 0.354 e. The van der Waals surface area contributed by atoms with Crippen LogP contribution in [0.4, 0.5) is 0 Å². The molecule has 0 fully saturated rings. The molecule has 0 saturated carbocycles. The molecule has 0 aliphatic carbocycles. The number of nitrogens with zero attached hydrogens (tertiary/aromatic N) is 1. The Morgan fingerprint density at radius 3 is 1.90 bits per heavy atom. The molecule has 120 valence electrons. The largest absolute Gasteiger partial charge is 0.457 e. The van der Waals surface area contributed by atoms with Gasteiger partial charge in [-0.2, -0.15) is 0 Å². The lowest BCUT2D eigenvalue weighted by Gasteiger charge is -2.36. The zero-order valence-electron chi connectivity index (χ0n) is 12.9. The van der Waals surface area contributed by atoms with Crippen molar-refractivity contribution in [2.75, 3.05) is 19.7 Å². The minimum atomic E-state index is -3.78. The van der Waals surface area contributed by atoms with Gasteiger partial charge in [-0.25, -0.2) is 9.46 Å². The number of hydrogen-bond acceptors (Lipinski definition) is 4. The van der Waals surface area contributed by atoms with Crippen LogP contribution in [-0.2, 0) is 18.6 Å². The first-order valence-electron chi connectivity index (χ1n) is 6.57. The van der Waals surface area contributed by atoms with Crippen molar-refractivity contribution in [1.29, 1.82) is 0 Å². The topological polar surface area (TPSA) is 55.8 Å². The van der Waals surface area contributed by atoms with Crippen LogP contribution in [0.15, 0.2) is 0 Å². The predicted octanol–water partition coefficient (Wildman–Crippen LogP) is 4.03.